The second kappa shape index (κ2) is 15.2. The van der Waals surface area contributed by atoms with Crippen LogP contribution in [0.1, 0.15) is 42.5 Å². The number of unbranched alkanes of at least 4 members (excludes halogenated alkanes) is 1. The maximum Gasteiger partial charge on any atom is 0.326 e. The Morgan fingerprint density at radius 1 is 1.22 bits per heavy atom. The molecule has 0 spiro atoms. The number of carbonyl (C=O) groups excluding carboxylic acids is 1. The third kappa shape index (κ3) is 9.70. The number of anilines is 1. The van der Waals surface area contributed by atoms with Crippen molar-refractivity contribution in [2.75, 3.05) is 45.3 Å². The van der Waals surface area contributed by atoms with E-state index in [1.165, 1.54) is 12.7 Å². The molecule has 9 nitrogen and oxygen atoms in total. The normalized spacial score (nSPS) is 14.5. The first-order valence-electron chi connectivity index (χ1n) is 12.9. The largest absolute Gasteiger partial charge is 0.480 e. The highest BCUT2D eigenvalue weighted by atomic mass is 19.1. The van der Waals surface area contributed by atoms with Crippen LogP contribution in [0.15, 0.2) is 36.7 Å². The van der Waals surface area contributed by atoms with Gasteiger partial charge in [-0.05, 0) is 74.4 Å². The second-order valence-corrected chi connectivity index (χ2v) is 9.39. The molecule has 1 amide bonds. The first-order valence-corrected chi connectivity index (χ1v) is 12.9. The van der Waals surface area contributed by atoms with Gasteiger partial charge in [0.05, 0.1) is 12.5 Å². The van der Waals surface area contributed by atoms with Gasteiger partial charge >= 0.3 is 5.97 Å². The molecule has 2 aromatic heterocycles. The number of aryl methyl sites for hydroxylation is 2. The van der Waals surface area contributed by atoms with Crippen molar-refractivity contribution in [3.05, 3.63) is 53.5 Å². The Morgan fingerprint density at radius 3 is 2.76 bits per heavy atom. The Hall–Kier alpha value is -3.11. The number of rotatable bonds is 16. The quantitative estimate of drug-likeness (QED) is 0.292. The third-order valence-electron chi connectivity index (χ3n) is 6.56. The molecule has 37 heavy (non-hydrogen) atoms. The molecule has 2 aromatic rings. The van der Waals surface area contributed by atoms with Crippen molar-refractivity contribution in [3.8, 4) is 0 Å². The highest BCUT2D eigenvalue weighted by Gasteiger charge is 2.22. The molecule has 0 bridgehead atoms. The van der Waals surface area contributed by atoms with Gasteiger partial charge in [-0.15, -0.1) is 0 Å². The molecule has 0 fully saturated rings. The predicted molar refractivity (Wildman–Crippen MR) is 139 cm³/mol. The number of nitrogens with zero attached hydrogens (tertiary/aromatic N) is 3. The van der Waals surface area contributed by atoms with Gasteiger partial charge in [-0.25, -0.2) is 14.2 Å². The van der Waals surface area contributed by atoms with Crippen LogP contribution in [0.4, 0.5) is 10.2 Å². The molecule has 1 aliphatic heterocycles. The highest BCUT2D eigenvalue weighted by Crippen LogP contribution is 2.20. The molecular formula is C27H38FN5O4. The predicted octanol–water partition coefficient (Wildman–Crippen LogP) is 2.65. The van der Waals surface area contributed by atoms with Gasteiger partial charge in [-0.2, -0.15) is 0 Å². The van der Waals surface area contributed by atoms with E-state index < -0.39 is 24.8 Å². The first-order chi connectivity index (χ1) is 18.0. The Bertz CT molecular complexity index is 990. The fraction of sp³-hybridized carbons (Fsp3) is 0.556. The SMILES string of the molecule is CO[C@H](CF)CN(CCCCc1ccc2c(n1)NCCC2)CC[C@H](NC(=O)Cc1ccncc1)C(=O)O. The van der Waals surface area contributed by atoms with Crippen molar-refractivity contribution in [1.82, 2.24) is 20.2 Å². The smallest absolute Gasteiger partial charge is 0.326 e. The lowest BCUT2D eigenvalue weighted by Crippen LogP contribution is -2.45. The number of hydrogen-bond acceptors (Lipinski definition) is 7. The number of carboxylic acid groups (broad SMARTS) is 1. The van der Waals surface area contributed by atoms with Gasteiger partial charge < -0.3 is 25.4 Å². The standard InChI is InChI=1S/C27H38FN5O4/c1-37-23(18-28)19-33(15-3-2-6-22-8-7-21-5-4-12-30-26(21)31-22)16-11-24(27(35)36)32-25(34)17-20-9-13-29-14-10-20/h7-10,13-14,23-24H,2-6,11-12,15-19H2,1H3,(H,30,31)(H,32,34)(H,35,36)/t23-,24+/m1/s1. The number of hydrogen-bond donors (Lipinski definition) is 3. The lowest BCUT2D eigenvalue weighted by Gasteiger charge is -2.27. The van der Waals surface area contributed by atoms with Crippen molar-refractivity contribution in [2.45, 2.75) is 57.1 Å². The zero-order chi connectivity index (χ0) is 26.5. The van der Waals surface area contributed by atoms with Crippen molar-refractivity contribution in [1.29, 1.82) is 0 Å². The minimum atomic E-state index is -1.09. The number of amides is 1. The molecule has 0 aromatic carbocycles. The molecule has 10 heteroatoms. The highest BCUT2D eigenvalue weighted by molar-refractivity contribution is 5.84. The van der Waals surface area contributed by atoms with Gasteiger partial charge in [0.25, 0.3) is 0 Å². The fourth-order valence-electron chi connectivity index (χ4n) is 4.42. The molecule has 2 atom stereocenters. The monoisotopic (exact) mass is 515 g/mol. The van der Waals surface area contributed by atoms with E-state index in [9.17, 15) is 19.1 Å². The number of carboxylic acids is 1. The first kappa shape index (κ1) is 28.5. The van der Waals surface area contributed by atoms with E-state index in [1.807, 2.05) is 4.90 Å². The van der Waals surface area contributed by atoms with Crippen LogP contribution in [0.25, 0.3) is 0 Å². The number of aliphatic carboxylic acids is 1. The maximum atomic E-state index is 13.4. The lowest BCUT2D eigenvalue weighted by atomic mass is 10.1. The van der Waals surface area contributed by atoms with E-state index in [2.05, 4.69) is 27.8 Å². The zero-order valence-corrected chi connectivity index (χ0v) is 21.5. The molecule has 0 saturated heterocycles. The summed E-state index contributed by atoms with van der Waals surface area (Å²) in [6.07, 6.45) is 7.65. The fourth-order valence-corrected chi connectivity index (χ4v) is 4.42. The van der Waals surface area contributed by atoms with Gasteiger partial charge in [0, 0.05) is 44.8 Å². The van der Waals surface area contributed by atoms with Gasteiger partial charge in [0.15, 0.2) is 0 Å². The van der Waals surface area contributed by atoms with Crippen LogP contribution in [0.3, 0.4) is 0 Å². The number of pyridine rings is 2. The Kier molecular flexibility index (Phi) is 11.7. The van der Waals surface area contributed by atoms with E-state index >= 15 is 0 Å². The summed E-state index contributed by atoms with van der Waals surface area (Å²) in [4.78, 5) is 34.9. The topological polar surface area (TPSA) is 117 Å². The van der Waals surface area contributed by atoms with Crippen molar-refractivity contribution < 1.29 is 23.8 Å². The van der Waals surface area contributed by atoms with Gasteiger partial charge in [0.1, 0.15) is 18.5 Å². The summed E-state index contributed by atoms with van der Waals surface area (Å²) in [6.45, 7) is 1.75. The number of halogens is 1. The van der Waals surface area contributed by atoms with E-state index in [-0.39, 0.29) is 18.7 Å². The lowest BCUT2D eigenvalue weighted by molar-refractivity contribution is -0.142. The van der Waals surface area contributed by atoms with Crippen LogP contribution in [-0.4, -0.2) is 84.0 Å². The minimum absolute atomic E-state index is 0.0792. The second-order valence-electron chi connectivity index (χ2n) is 9.39. The van der Waals surface area contributed by atoms with Gasteiger partial charge in [0.2, 0.25) is 5.91 Å². The maximum absolute atomic E-state index is 13.4. The summed E-state index contributed by atoms with van der Waals surface area (Å²) < 4.78 is 18.6. The Morgan fingerprint density at radius 2 is 2.03 bits per heavy atom. The summed E-state index contributed by atoms with van der Waals surface area (Å²) >= 11 is 0. The molecule has 202 valence electrons. The molecule has 0 aliphatic carbocycles. The Labute approximate surface area is 217 Å². The molecular weight excluding hydrogens is 477 g/mol. The molecule has 1 aliphatic rings. The van der Waals surface area contributed by atoms with E-state index in [0.717, 1.165) is 55.7 Å². The average Bonchev–Trinajstić information content (AvgIpc) is 2.91. The summed E-state index contributed by atoms with van der Waals surface area (Å²) in [5, 5.41) is 15.6. The summed E-state index contributed by atoms with van der Waals surface area (Å²) in [5.74, 6) is -0.471. The summed E-state index contributed by atoms with van der Waals surface area (Å²) in [6, 6.07) is 6.63. The van der Waals surface area contributed by atoms with Gasteiger partial charge in [-0.3, -0.25) is 9.78 Å². The van der Waals surface area contributed by atoms with Crippen LogP contribution in [-0.2, 0) is 33.6 Å². The molecule has 3 heterocycles. The number of carbonyl (C=O) groups is 2. The Balaban J connectivity index is 1.50. The van der Waals surface area contributed by atoms with E-state index in [1.54, 1.807) is 24.5 Å². The van der Waals surface area contributed by atoms with E-state index in [0.29, 0.717) is 19.6 Å². The zero-order valence-electron chi connectivity index (χ0n) is 21.5. The molecule has 0 unspecified atom stereocenters. The number of methoxy groups -OCH3 is 1. The minimum Gasteiger partial charge on any atom is -0.480 e. The average molecular weight is 516 g/mol. The van der Waals surface area contributed by atoms with Crippen LogP contribution >= 0.6 is 0 Å². The number of alkyl halides is 1. The molecule has 0 saturated carbocycles. The molecule has 0 radical (unpaired) electrons. The number of nitrogens with one attached hydrogen (secondary N) is 2. The van der Waals surface area contributed by atoms with Gasteiger partial charge in [-0.1, -0.05) is 6.07 Å². The van der Waals surface area contributed by atoms with Crippen molar-refractivity contribution in [3.63, 3.8) is 0 Å². The number of fused-ring (bicyclic) bond motifs is 1. The van der Waals surface area contributed by atoms with Crippen LogP contribution < -0.4 is 10.6 Å². The van der Waals surface area contributed by atoms with E-state index in [4.69, 9.17) is 9.72 Å². The summed E-state index contributed by atoms with van der Waals surface area (Å²) in [7, 11) is 1.47. The van der Waals surface area contributed by atoms with Crippen LogP contribution in [0, 0.1) is 0 Å². The molecule has 3 N–H and O–H groups in total. The number of ether oxygens (including phenoxy) is 1. The van der Waals surface area contributed by atoms with Crippen LogP contribution in [0.2, 0.25) is 0 Å². The third-order valence-corrected chi connectivity index (χ3v) is 6.56. The summed E-state index contributed by atoms with van der Waals surface area (Å²) in [5.41, 5.74) is 3.06. The number of aromatic nitrogens is 2. The molecule has 3 rings (SSSR count). The van der Waals surface area contributed by atoms with Crippen molar-refractivity contribution in [2.24, 2.45) is 0 Å². The van der Waals surface area contributed by atoms with Crippen LogP contribution in [0.5, 0.6) is 0 Å². The van der Waals surface area contributed by atoms with Crippen molar-refractivity contribution >= 4 is 17.7 Å².